The van der Waals surface area contributed by atoms with E-state index >= 15 is 0 Å². The van der Waals surface area contributed by atoms with Crippen LogP contribution in [0.1, 0.15) is 37.9 Å². The van der Waals surface area contributed by atoms with Crippen molar-refractivity contribution in [1.29, 1.82) is 0 Å². The maximum atomic E-state index is 4.57. The highest BCUT2D eigenvalue weighted by Crippen LogP contribution is 2.28. The van der Waals surface area contributed by atoms with Crippen LogP contribution in [0.3, 0.4) is 0 Å². The van der Waals surface area contributed by atoms with E-state index in [9.17, 15) is 0 Å². The molecule has 1 N–H and O–H groups in total. The molecule has 0 atom stereocenters. The zero-order valence-corrected chi connectivity index (χ0v) is 13.2. The summed E-state index contributed by atoms with van der Waals surface area (Å²) in [5.41, 5.74) is 1.51. The molecule has 2 rings (SSSR count). The molecule has 0 bridgehead atoms. The Morgan fingerprint density at radius 2 is 2.37 bits per heavy atom. The van der Waals surface area contributed by atoms with E-state index in [0.717, 1.165) is 37.7 Å². The number of thiazole rings is 1. The average Bonchev–Trinajstić information content (AvgIpc) is 2.97. The van der Waals surface area contributed by atoms with E-state index in [0.29, 0.717) is 5.41 Å². The third kappa shape index (κ3) is 3.69. The van der Waals surface area contributed by atoms with Crippen LogP contribution >= 0.6 is 11.3 Å². The molecule has 1 aliphatic rings. The Bertz CT molecular complexity index is 450. The van der Waals surface area contributed by atoms with Crippen LogP contribution in [-0.2, 0) is 13.0 Å². The van der Waals surface area contributed by atoms with Gasteiger partial charge in [0, 0.05) is 25.5 Å². The van der Waals surface area contributed by atoms with Gasteiger partial charge in [0.2, 0.25) is 0 Å². The Hall–Kier alpha value is -1.10. The normalized spacial score (nSPS) is 18.9. The van der Waals surface area contributed by atoms with Gasteiger partial charge in [-0.15, -0.1) is 11.3 Å². The van der Waals surface area contributed by atoms with Crippen molar-refractivity contribution in [1.82, 2.24) is 15.2 Å². The van der Waals surface area contributed by atoms with Crippen LogP contribution in [0.2, 0.25) is 0 Å². The molecule has 0 aliphatic carbocycles. The van der Waals surface area contributed by atoms with Gasteiger partial charge < -0.3 is 10.2 Å². The highest BCUT2D eigenvalue weighted by atomic mass is 32.1. The van der Waals surface area contributed by atoms with Gasteiger partial charge in [0.05, 0.1) is 17.2 Å². The lowest BCUT2D eigenvalue weighted by Crippen LogP contribution is -2.40. The largest absolute Gasteiger partial charge is 0.351 e. The molecule has 19 heavy (non-hydrogen) atoms. The van der Waals surface area contributed by atoms with Crippen LogP contribution in [0, 0.1) is 5.41 Å². The Morgan fingerprint density at radius 1 is 1.58 bits per heavy atom. The fourth-order valence-corrected chi connectivity index (χ4v) is 3.13. The molecule has 1 fully saturated rings. The lowest BCUT2D eigenvalue weighted by Gasteiger charge is -2.23. The average molecular weight is 280 g/mol. The monoisotopic (exact) mass is 280 g/mol. The van der Waals surface area contributed by atoms with Crippen LogP contribution in [0.5, 0.6) is 0 Å². The van der Waals surface area contributed by atoms with E-state index in [1.54, 1.807) is 11.3 Å². The number of nitrogens with zero attached hydrogens (tertiary/aromatic N) is 3. The maximum Gasteiger partial charge on any atom is 0.193 e. The molecule has 0 radical (unpaired) electrons. The Morgan fingerprint density at radius 3 is 2.89 bits per heavy atom. The zero-order chi connectivity index (χ0) is 13.9. The summed E-state index contributed by atoms with van der Waals surface area (Å²) in [7, 11) is 1.85. The third-order valence-electron chi connectivity index (χ3n) is 3.52. The number of aryl methyl sites for hydroxylation is 1. The van der Waals surface area contributed by atoms with Crippen LogP contribution in [0.4, 0.5) is 0 Å². The van der Waals surface area contributed by atoms with Gasteiger partial charge in [0.1, 0.15) is 0 Å². The second-order valence-electron chi connectivity index (χ2n) is 5.82. The van der Waals surface area contributed by atoms with Crippen LogP contribution < -0.4 is 5.32 Å². The van der Waals surface area contributed by atoms with E-state index in [-0.39, 0.29) is 0 Å². The fourth-order valence-electron chi connectivity index (χ4n) is 2.39. The van der Waals surface area contributed by atoms with Gasteiger partial charge in [-0.3, -0.25) is 4.99 Å². The molecule has 0 amide bonds. The van der Waals surface area contributed by atoms with Crippen LogP contribution in [0.25, 0.3) is 0 Å². The number of rotatable bonds is 3. The minimum atomic E-state index is 0.396. The number of hydrogen-bond acceptors (Lipinski definition) is 3. The second kappa shape index (κ2) is 5.90. The minimum absolute atomic E-state index is 0.396. The zero-order valence-electron chi connectivity index (χ0n) is 12.4. The first-order valence-corrected chi connectivity index (χ1v) is 7.81. The van der Waals surface area contributed by atoms with Crippen molar-refractivity contribution in [3.63, 3.8) is 0 Å². The number of guanidine groups is 1. The summed E-state index contributed by atoms with van der Waals surface area (Å²) in [6, 6.07) is 0. The third-order valence-corrected chi connectivity index (χ3v) is 4.56. The first-order chi connectivity index (χ1) is 9.04. The lowest BCUT2D eigenvalue weighted by molar-refractivity contribution is 0.370. The molecular weight excluding hydrogens is 256 g/mol. The molecule has 4 nitrogen and oxygen atoms in total. The molecule has 1 aliphatic heterocycles. The highest BCUT2D eigenvalue weighted by molar-refractivity contribution is 7.09. The number of likely N-dealkylation sites (tertiary alicyclic amines) is 1. The standard InChI is InChI=1S/C14H24N4S/c1-5-12-17-11(9-19-12)8-16-13(15-4)18-7-6-14(2,3)10-18/h9H,5-8,10H2,1-4H3,(H,15,16). The molecule has 0 aromatic carbocycles. The van der Waals surface area contributed by atoms with Gasteiger partial charge >= 0.3 is 0 Å². The first-order valence-electron chi connectivity index (χ1n) is 6.93. The van der Waals surface area contributed by atoms with E-state index in [2.05, 4.69) is 46.3 Å². The van der Waals surface area contributed by atoms with Crippen LogP contribution in [-0.4, -0.2) is 36.0 Å². The molecule has 0 unspecified atom stereocenters. The van der Waals surface area contributed by atoms with Crippen molar-refractivity contribution in [2.75, 3.05) is 20.1 Å². The quantitative estimate of drug-likeness (QED) is 0.683. The smallest absolute Gasteiger partial charge is 0.193 e. The van der Waals surface area contributed by atoms with Crippen molar-refractivity contribution in [2.24, 2.45) is 10.4 Å². The lowest BCUT2D eigenvalue weighted by atomic mass is 9.93. The Kier molecular flexibility index (Phi) is 4.45. The topological polar surface area (TPSA) is 40.5 Å². The molecule has 0 saturated carbocycles. The number of hydrogen-bond donors (Lipinski definition) is 1. The van der Waals surface area contributed by atoms with E-state index in [1.807, 2.05) is 7.05 Å². The van der Waals surface area contributed by atoms with Crippen LogP contribution in [0.15, 0.2) is 10.4 Å². The summed E-state index contributed by atoms with van der Waals surface area (Å²) < 4.78 is 0. The first kappa shape index (κ1) is 14.3. The fraction of sp³-hybridized carbons (Fsp3) is 0.714. The summed E-state index contributed by atoms with van der Waals surface area (Å²) in [4.78, 5) is 11.3. The second-order valence-corrected chi connectivity index (χ2v) is 6.77. The molecule has 1 saturated heterocycles. The number of aliphatic imine (C=N–C) groups is 1. The minimum Gasteiger partial charge on any atom is -0.351 e. The van der Waals surface area contributed by atoms with Gasteiger partial charge in [-0.25, -0.2) is 4.98 Å². The molecule has 1 aromatic rings. The maximum absolute atomic E-state index is 4.57. The van der Waals surface area contributed by atoms with Gasteiger partial charge in [0.25, 0.3) is 0 Å². The number of nitrogens with one attached hydrogen (secondary N) is 1. The van der Waals surface area contributed by atoms with E-state index < -0.39 is 0 Å². The summed E-state index contributed by atoms with van der Waals surface area (Å²) in [6.45, 7) is 9.69. The summed E-state index contributed by atoms with van der Waals surface area (Å²) in [5, 5.41) is 6.76. The predicted molar refractivity (Wildman–Crippen MR) is 81.7 cm³/mol. The van der Waals surface area contributed by atoms with Gasteiger partial charge in [-0.05, 0) is 18.3 Å². The molecule has 106 valence electrons. The van der Waals surface area contributed by atoms with E-state index in [1.165, 1.54) is 11.4 Å². The predicted octanol–water partition coefficient (Wildman–Crippen LogP) is 2.51. The number of aromatic nitrogens is 1. The molecule has 1 aromatic heterocycles. The van der Waals surface area contributed by atoms with Gasteiger partial charge in [-0.2, -0.15) is 0 Å². The van der Waals surface area contributed by atoms with Gasteiger partial charge in [-0.1, -0.05) is 20.8 Å². The molecular formula is C14H24N4S. The molecule has 5 heteroatoms. The Labute approximate surface area is 120 Å². The van der Waals surface area contributed by atoms with Gasteiger partial charge in [0.15, 0.2) is 5.96 Å². The van der Waals surface area contributed by atoms with Crippen molar-refractivity contribution in [2.45, 2.75) is 40.2 Å². The SMILES string of the molecule is CCc1nc(CNC(=NC)N2CCC(C)(C)C2)cs1. The van der Waals surface area contributed by atoms with Crippen molar-refractivity contribution in [3.8, 4) is 0 Å². The summed E-state index contributed by atoms with van der Waals surface area (Å²) in [5.74, 6) is 0.997. The van der Waals surface area contributed by atoms with Crippen molar-refractivity contribution in [3.05, 3.63) is 16.1 Å². The van der Waals surface area contributed by atoms with Crippen molar-refractivity contribution < 1.29 is 0 Å². The summed E-state index contributed by atoms with van der Waals surface area (Å²) >= 11 is 1.74. The molecule has 0 spiro atoms. The summed E-state index contributed by atoms with van der Waals surface area (Å²) in [6.07, 6.45) is 2.24. The highest BCUT2D eigenvalue weighted by Gasteiger charge is 2.30. The Balaban J connectivity index is 1.90. The van der Waals surface area contributed by atoms with E-state index in [4.69, 9.17) is 0 Å². The van der Waals surface area contributed by atoms with Crippen molar-refractivity contribution >= 4 is 17.3 Å². The molecule has 2 heterocycles.